The summed E-state index contributed by atoms with van der Waals surface area (Å²) in [7, 11) is 0. The Balaban J connectivity index is 3.31. The summed E-state index contributed by atoms with van der Waals surface area (Å²) in [5.74, 6) is -0.898. The Hall–Kier alpha value is -1.25. The Morgan fingerprint density at radius 1 is 1.45 bits per heavy atom. The SMILES string of the molecule is CCOC(=O)Cc1c(C(F)(F)F)cc(C(F)F)nc1Br. The van der Waals surface area contributed by atoms with Gasteiger partial charge in [-0.25, -0.2) is 13.8 Å². The number of rotatable bonds is 4. The number of hydrogen-bond donors (Lipinski definition) is 0. The summed E-state index contributed by atoms with van der Waals surface area (Å²) in [6, 6.07) is 0.240. The van der Waals surface area contributed by atoms with Crippen molar-refractivity contribution in [3.8, 4) is 0 Å². The molecule has 0 saturated heterocycles. The Bertz CT molecular complexity index is 504. The van der Waals surface area contributed by atoms with Crippen LogP contribution in [0.3, 0.4) is 0 Å². The summed E-state index contributed by atoms with van der Waals surface area (Å²) in [6.07, 6.45) is -8.74. The van der Waals surface area contributed by atoms with Crippen molar-refractivity contribution in [3.63, 3.8) is 0 Å². The van der Waals surface area contributed by atoms with Crippen molar-refractivity contribution < 1.29 is 31.5 Å². The Morgan fingerprint density at radius 3 is 2.50 bits per heavy atom. The Morgan fingerprint density at radius 2 is 2.05 bits per heavy atom. The smallest absolute Gasteiger partial charge is 0.416 e. The van der Waals surface area contributed by atoms with Crippen LogP contribution in [0, 0.1) is 0 Å². The third-order valence-electron chi connectivity index (χ3n) is 2.25. The van der Waals surface area contributed by atoms with Crippen molar-refractivity contribution in [2.75, 3.05) is 6.61 Å². The molecule has 0 N–H and O–H groups in total. The number of pyridine rings is 1. The van der Waals surface area contributed by atoms with Crippen molar-refractivity contribution >= 4 is 21.9 Å². The molecule has 0 fully saturated rings. The van der Waals surface area contributed by atoms with Crippen LogP contribution in [0.5, 0.6) is 0 Å². The van der Waals surface area contributed by atoms with E-state index in [1.54, 1.807) is 0 Å². The standard InChI is InChI=1S/C11H9BrF5NO2/c1-2-20-8(19)3-5-6(11(15,16)17)4-7(10(13)14)18-9(5)12/h4,10H,2-3H2,1H3. The van der Waals surface area contributed by atoms with E-state index >= 15 is 0 Å². The van der Waals surface area contributed by atoms with Crippen LogP contribution >= 0.6 is 15.9 Å². The molecule has 0 aliphatic heterocycles. The van der Waals surface area contributed by atoms with E-state index in [1.807, 2.05) is 0 Å². The van der Waals surface area contributed by atoms with Gasteiger partial charge in [0.1, 0.15) is 10.3 Å². The predicted molar refractivity (Wildman–Crippen MR) is 62.2 cm³/mol. The van der Waals surface area contributed by atoms with E-state index in [-0.39, 0.29) is 12.7 Å². The highest BCUT2D eigenvalue weighted by Crippen LogP contribution is 2.37. The molecule has 0 bridgehead atoms. The minimum atomic E-state index is -4.88. The van der Waals surface area contributed by atoms with Crippen LogP contribution in [0.4, 0.5) is 22.0 Å². The number of alkyl halides is 5. The van der Waals surface area contributed by atoms with Crippen LogP contribution in [0.1, 0.15) is 30.2 Å². The highest BCUT2D eigenvalue weighted by molar-refractivity contribution is 9.10. The van der Waals surface area contributed by atoms with Gasteiger partial charge in [0.25, 0.3) is 6.43 Å². The molecule has 0 amide bonds. The average molecular weight is 362 g/mol. The van der Waals surface area contributed by atoms with Gasteiger partial charge in [0.05, 0.1) is 18.6 Å². The molecule has 9 heteroatoms. The molecule has 0 spiro atoms. The summed E-state index contributed by atoms with van der Waals surface area (Å²) in [6.45, 7) is 1.50. The van der Waals surface area contributed by atoms with Crippen LogP contribution in [0.15, 0.2) is 10.7 Å². The maximum absolute atomic E-state index is 12.9. The van der Waals surface area contributed by atoms with Crippen molar-refractivity contribution in [2.45, 2.75) is 25.9 Å². The molecule has 0 saturated carbocycles. The fourth-order valence-corrected chi connectivity index (χ4v) is 2.01. The van der Waals surface area contributed by atoms with Gasteiger partial charge in [0.15, 0.2) is 0 Å². The largest absolute Gasteiger partial charge is 0.466 e. The zero-order valence-electron chi connectivity index (χ0n) is 10.1. The van der Waals surface area contributed by atoms with Crippen LogP contribution in [-0.2, 0) is 22.1 Å². The van der Waals surface area contributed by atoms with Crippen LogP contribution in [0.25, 0.3) is 0 Å². The minimum Gasteiger partial charge on any atom is -0.466 e. The van der Waals surface area contributed by atoms with E-state index in [2.05, 4.69) is 25.7 Å². The first-order chi connectivity index (χ1) is 9.16. The second kappa shape index (κ2) is 6.47. The van der Waals surface area contributed by atoms with E-state index in [9.17, 15) is 26.7 Å². The first-order valence-electron chi connectivity index (χ1n) is 5.37. The summed E-state index contributed by atoms with van der Waals surface area (Å²) in [5.41, 5.74) is -2.88. The van der Waals surface area contributed by atoms with Crippen molar-refractivity contribution in [1.82, 2.24) is 4.98 Å². The minimum absolute atomic E-state index is 0.000347. The lowest BCUT2D eigenvalue weighted by molar-refractivity contribution is -0.143. The van der Waals surface area contributed by atoms with E-state index < -0.39 is 46.4 Å². The summed E-state index contributed by atoms with van der Waals surface area (Å²) < 4.78 is 67.7. The molecule has 1 aromatic rings. The lowest BCUT2D eigenvalue weighted by atomic mass is 10.1. The Kier molecular flexibility index (Phi) is 5.43. The van der Waals surface area contributed by atoms with Crippen molar-refractivity contribution in [3.05, 3.63) is 27.5 Å². The fraction of sp³-hybridized carbons (Fsp3) is 0.455. The first kappa shape index (κ1) is 16.8. The van der Waals surface area contributed by atoms with Gasteiger partial charge in [-0.2, -0.15) is 13.2 Å². The molecule has 0 aliphatic rings. The van der Waals surface area contributed by atoms with E-state index in [4.69, 9.17) is 0 Å². The molecule has 1 heterocycles. The lowest BCUT2D eigenvalue weighted by Gasteiger charge is -2.15. The third-order valence-corrected chi connectivity index (χ3v) is 2.90. The van der Waals surface area contributed by atoms with Gasteiger partial charge in [0.2, 0.25) is 0 Å². The highest BCUT2D eigenvalue weighted by Gasteiger charge is 2.36. The monoisotopic (exact) mass is 361 g/mol. The van der Waals surface area contributed by atoms with Crippen molar-refractivity contribution in [2.24, 2.45) is 0 Å². The highest BCUT2D eigenvalue weighted by atomic mass is 79.9. The molecule has 0 aromatic carbocycles. The van der Waals surface area contributed by atoms with Crippen LogP contribution in [0.2, 0.25) is 0 Å². The fourth-order valence-electron chi connectivity index (χ4n) is 1.45. The maximum Gasteiger partial charge on any atom is 0.416 e. The molecule has 1 aromatic heterocycles. The molecule has 20 heavy (non-hydrogen) atoms. The molecule has 1 rings (SSSR count). The van der Waals surface area contributed by atoms with Gasteiger partial charge < -0.3 is 4.74 Å². The summed E-state index contributed by atoms with van der Waals surface area (Å²) in [4.78, 5) is 14.6. The molecule has 0 aliphatic carbocycles. The van der Waals surface area contributed by atoms with E-state index in [0.29, 0.717) is 0 Å². The second-order valence-electron chi connectivity index (χ2n) is 3.64. The number of esters is 1. The number of halogens is 6. The molecule has 0 radical (unpaired) electrons. The van der Waals surface area contributed by atoms with Gasteiger partial charge in [-0.3, -0.25) is 4.79 Å². The van der Waals surface area contributed by atoms with Gasteiger partial charge in [-0.15, -0.1) is 0 Å². The van der Waals surface area contributed by atoms with Crippen LogP contribution < -0.4 is 0 Å². The summed E-state index contributed by atoms with van der Waals surface area (Å²) in [5, 5.41) is 0. The molecule has 0 atom stereocenters. The summed E-state index contributed by atoms with van der Waals surface area (Å²) >= 11 is 2.69. The zero-order valence-corrected chi connectivity index (χ0v) is 11.7. The van der Waals surface area contributed by atoms with Gasteiger partial charge in [0, 0.05) is 5.56 Å². The lowest BCUT2D eigenvalue weighted by Crippen LogP contribution is -2.16. The third kappa shape index (κ3) is 4.12. The van der Waals surface area contributed by atoms with Crippen LogP contribution in [-0.4, -0.2) is 17.6 Å². The number of hydrogen-bond acceptors (Lipinski definition) is 3. The van der Waals surface area contributed by atoms with Crippen molar-refractivity contribution in [1.29, 1.82) is 0 Å². The van der Waals surface area contributed by atoms with E-state index in [1.165, 1.54) is 6.92 Å². The Labute approximate surface area is 119 Å². The maximum atomic E-state index is 12.9. The molecule has 3 nitrogen and oxygen atoms in total. The number of carbonyl (C=O) groups excluding carboxylic acids is 1. The van der Waals surface area contributed by atoms with Gasteiger partial charge in [-0.1, -0.05) is 0 Å². The quantitative estimate of drug-likeness (QED) is 0.463. The zero-order chi connectivity index (χ0) is 15.5. The normalized spacial score (nSPS) is 11.8. The molecular weight excluding hydrogens is 353 g/mol. The van der Waals surface area contributed by atoms with Gasteiger partial charge in [-0.05, 0) is 28.9 Å². The number of ether oxygens (including phenoxy) is 1. The number of carbonyl (C=O) groups is 1. The average Bonchev–Trinajstić information content (AvgIpc) is 2.29. The van der Waals surface area contributed by atoms with E-state index in [0.717, 1.165) is 0 Å². The van der Waals surface area contributed by atoms with Gasteiger partial charge >= 0.3 is 12.1 Å². The second-order valence-corrected chi connectivity index (χ2v) is 4.40. The molecular formula is C11H9BrF5NO2. The predicted octanol–water partition coefficient (Wildman–Crippen LogP) is 3.91. The number of nitrogens with zero attached hydrogens (tertiary/aromatic N) is 1. The molecule has 0 unspecified atom stereocenters. The first-order valence-corrected chi connectivity index (χ1v) is 6.16. The number of aromatic nitrogens is 1. The topological polar surface area (TPSA) is 39.2 Å². The molecule has 112 valence electrons.